The van der Waals surface area contributed by atoms with E-state index >= 15 is 0 Å². The van der Waals surface area contributed by atoms with E-state index in [9.17, 15) is 24.8 Å². The number of H-pyrrole nitrogens is 1. The molecule has 2 aromatic heterocycles. The zero-order chi connectivity index (χ0) is 46.3. The number of β-amino-alcohol motifs (C(OH)–C–C–N with tert-alkyl or cyclic N) is 1. The number of rotatable bonds is 17. The normalized spacial score (nSPS) is 16.0. The quantitative estimate of drug-likeness (QED) is 0.0666. The van der Waals surface area contributed by atoms with E-state index in [0.29, 0.717) is 30.2 Å². The van der Waals surface area contributed by atoms with Gasteiger partial charge in [-0.1, -0.05) is 68.8 Å². The Balaban J connectivity index is 1.02. The van der Waals surface area contributed by atoms with Gasteiger partial charge in [0.1, 0.15) is 24.8 Å². The molecule has 1 fully saturated rings. The molecule has 3 heterocycles. The molecule has 4 N–H and O–H groups in total. The molecule has 13 nitrogen and oxygen atoms in total. The van der Waals surface area contributed by atoms with E-state index in [-0.39, 0.29) is 31.5 Å². The van der Waals surface area contributed by atoms with E-state index in [1.54, 1.807) is 17.4 Å². The van der Waals surface area contributed by atoms with Crippen molar-refractivity contribution in [1.29, 1.82) is 5.26 Å². The molecule has 6 rings (SSSR count). The van der Waals surface area contributed by atoms with Crippen molar-refractivity contribution in [3.63, 3.8) is 0 Å². The highest BCUT2D eigenvalue weighted by molar-refractivity contribution is 7.13. The van der Waals surface area contributed by atoms with Crippen molar-refractivity contribution in [1.82, 2.24) is 30.7 Å². The van der Waals surface area contributed by atoms with Crippen LogP contribution in [0, 0.1) is 44.4 Å². The molecule has 3 amide bonds. The Labute approximate surface area is 385 Å². The number of aliphatic hydroxyl groups excluding tert-OH is 1. The first-order valence-corrected chi connectivity index (χ1v) is 23.0. The predicted octanol–water partition coefficient (Wildman–Crippen LogP) is 8.65. The molecule has 15 heteroatoms. The summed E-state index contributed by atoms with van der Waals surface area (Å²) >= 11 is 8.10. The van der Waals surface area contributed by atoms with Crippen LogP contribution in [0.15, 0.2) is 66.2 Å². The monoisotopic (exact) mass is 906 g/mol. The number of unbranched alkanes of at least 4 members (excludes halogenated alkanes) is 2. The van der Waals surface area contributed by atoms with Gasteiger partial charge in [-0.05, 0) is 106 Å². The van der Waals surface area contributed by atoms with Gasteiger partial charge >= 0.3 is 0 Å². The standard InChI is InChI=1S/C49H59ClN8O5S/c1-29-12-13-36(44-31(3)55-56-32(44)4)22-41(29)57(38-19-18-37(25-51)40(50)23-38)20-10-9-11-21-63-27-43(60)54-46(49(6,7)8)48(62)58-26-39(59)24-42(58)47(61)53-30(2)34-14-16-35(17-15-34)45-33(5)52-28-64-45/h12-19,22-23,28,30,39,42,46,59H,9-11,20-21,24,26-27H2,1-8H3,(H,53,61)(H,54,60)(H,55,56)/t30?,39-,42+,46?/m1/s1. The van der Waals surface area contributed by atoms with E-state index < -0.39 is 35.4 Å². The molecule has 5 aromatic rings. The minimum atomic E-state index is -0.964. The summed E-state index contributed by atoms with van der Waals surface area (Å²) in [5.41, 5.74) is 11.4. The molecule has 4 atom stereocenters. The zero-order valence-corrected chi connectivity index (χ0v) is 39.5. The largest absolute Gasteiger partial charge is 0.391 e. The second-order valence-corrected chi connectivity index (χ2v) is 19.0. The summed E-state index contributed by atoms with van der Waals surface area (Å²) in [5, 5.41) is 34.0. The maximum atomic E-state index is 14.2. The van der Waals surface area contributed by atoms with E-state index in [4.69, 9.17) is 16.3 Å². The van der Waals surface area contributed by atoms with Gasteiger partial charge in [0, 0.05) is 48.7 Å². The zero-order valence-electron chi connectivity index (χ0n) is 37.9. The van der Waals surface area contributed by atoms with Crippen molar-refractivity contribution in [3.8, 4) is 27.6 Å². The van der Waals surface area contributed by atoms with Crippen molar-refractivity contribution >= 4 is 52.0 Å². The Morgan fingerprint density at radius 1 is 1.02 bits per heavy atom. The van der Waals surface area contributed by atoms with Crippen molar-refractivity contribution in [2.75, 3.05) is 31.2 Å². The van der Waals surface area contributed by atoms with E-state index in [1.807, 2.05) is 90.4 Å². The summed E-state index contributed by atoms with van der Waals surface area (Å²) in [5.74, 6) is -1.24. The number of aliphatic hydroxyl groups is 1. The molecule has 3 aromatic carbocycles. The van der Waals surface area contributed by atoms with Gasteiger partial charge in [0.2, 0.25) is 17.7 Å². The molecular formula is C49H59ClN8O5S. The lowest BCUT2D eigenvalue weighted by Crippen LogP contribution is -2.58. The molecule has 338 valence electrons. The Kier molecular flexibility index (Phi) is 15.7. The topological polar surface area (TPSA) is 177 Å². The molecule has 2 unspecified atom stereocenters. The number of benzene rings is 3. The second kappa shape index (κ2) is 20.9. The van der Waals surface area contributed by atoms with Crippen LogP contribution < -0.4 is 15.5 Å². The summed E-state index contributed by atoms with van der Waals surface area (Å²) in [7, 11) is 0. The predicted molar refractivity (Wildman–Crippen MR) is 252 cm³/mol. The van der Waals surface area contributed by atoms with Gasteiger partial charge in [0.25, 0.3) is 0 Å². The SMILES string of the molecule is Cc1ccc(-c2c(C)n[nH]c2C)cc1N(CCCCCOCC(=O)NC(C(=O)N1C[C@H](O)C[C@H]1C(=O)NC(C)c1ccc(-c2scnc2C)cc1)C(C)(C)C)c1ccc(C#N)c(Cl)c1. The van der Waals surface area contributed by atoms with Crippen molar-refractivity contribution in [3.05, 3.63) is 105 Å². The number of thiazole rings is 1. The Bertz CT molecular complexity index is 2470. The highest BCUT2D eigenvalue weighted by Gasteiger charge is 2.44. The minimum absolute atomic E-state index is 0.0163. The highest BCUT2D eigenvalue weighted by Crippen LogP contribution is 2.36. The van der Waals surface area contributed by atoms with Crippen LogP contribution in [0.3, 0.4) is 0 Å². The molecule has 0 saturated carbocycles. The molecule has 0 spiro atoms. The van der Waals surface area contributed by atoms with Gasteiger partial charge < -0.3 is 30.3 Å². The van der Waals surface area contributed by atoms with Crippen LogP contribution in [0.4, 0.5) is 11.4 Å². The summed E-state index contributed by atoms with van der Waals surface area (Å²) in [6.07, 6.45) is 1.52. The maximum absolute atomic E-state index is 14.2. The average molecular weight is 908 g/mol. The lowest BCUT2D eigenvalue weighted by molar-refractivity contribution is -0.144. The van der Waals surface area contributed by atoms with Crippen LogP contribution in [0.5, 0.6) is 0 Å². The van der Waals surface area contributed by atoms with Crippen LogP contribution >= 0.6 is 22.9 Å². The summed E-state index contributed by atoms with van der Waals surface area (Å²) in [4.78, 5) is 50.2. The van der Waals surface area contributed by atoms with Crippen LogP contribution in [-0.4, -0.2) is 87.4 Å². The van der Waals surface area contributed by atoms with Crippen molar-refractivity contribution in [2.45, 2.75) is 105 Å². The molecule has 64 heavy (non-hydrogen) atoms. The maximum Gasteiger partial charge on any atom is 0.246 e. The first-order valence-electron chi connectivity index (χ1n) is 21.7. The second-order valence-electron chi connectivity index (χ2n) is 17.7. The number of aromatic amines is 1. The number of aryl methyl sites for hydroxylation is 4. The summed E-state index contributed by atoms with van der Waals surface area (Å²) < 4.78 is 5.81. The lowest BCUT2D eigenvalue weighted by Gasteiger charge is -2.35. The number of hydrogen-bond donors (Lipinski definition) is 4. The Morgan fingerprint density at radius 2 is 1.75 bits per heavy atom. The Morgan fingerprint density at radius 3 is 2.39 bits per heavy atom. The number of nitrogens with one attached hydrogen (secondary N) is 3. The lowest BCUT2D eigenvalue weighted by atomic mass is 9.85. The van der Waals surface area contributed by atoms with Gasteiger partial charge in [-0.25, -0.2) is 4.98 Å². The van der Waals surface area contributed by atoms with Crippen molar-refractivity contribution < 1.29 is 24.2 Å². The number of nitrogens with zero attached hydrogens (tertiary/aromatic N) is 5. The van der Waals surface area contributed by atoms with Gasteiger partial charge in [0.05, 0.1) is 44.5 Å². The molecular weight excluding hydrogens is 848 g/mol. The van der Waals surface area contributed by atoms with Crippen LogP contribution in [0.25, 0.3) is 21.6 Å². The number of amides is 3. The van der Waals surface area contributed by atoms with Gasteiger partial charge in [-0.3, -0.25) is 19.5 Å². The number of halogens is 1. The van der Waals surface area contributed by atoms with E-state index in [2.05, 4.69) is 61.9 Å². The van der Waals surface area contributed by atoms with E-state index in [0.717, 1.165) is 74.0 Å². The third kappa shape index (κ3) is 11.4. The van der Waals surface area contributed by atoms with Crippen LogP contribution in [-0.2, 0) is 19.1 Å². The number of ether oxygens (including phenoxy) is 1. The fraction of sp³-hybridized carbons (Fsp3) is 0.429. The average Bonchev–Trinajstić information content (AvgIpc) is 3.97. The fourth-order valence-electron chi connectivity index (χ4n) is 8.22. The Hall–Kier alpha value is -5.59. The smallest absolute Gasteiger partial charge is 0.246 e. The number of aromatic nitrogens is 3. The number of anilines is 2. The van der Waals surface area contributed by atoms with Crippen LogP contribution in [0.2, 0.25) is 5.02 Å². The van der Waals surface area contributed by atoms with E-state index in [1.165, 1.54) is 4.90 Å². The first-order chi connectivity index (χ1) is 30.5. The molecule has 0 bridgehead atoms. The first kappa shape index (κ1) is 47.9. The van der Waals surface area contributed by atoms with Crippen LogP contribution in [0.1, 0.15) is 93.2 Å². The summed E-state index contributed by atoms with van der Waals surface area (Å²) in [6, 6.07) is 19.7. The molecule has 0 aliphatic carbocycles. The van der Waals surface area contributed by atoms with Gasteiger partial charge in [-0.2, -0.15) is 10.4 Å². The third-order valence-electron chi connectivity index (χ3n) is 11.8. The minimum Gasteiger partial charge on any atom is -0.391 e. The highest BCUT2D eigenvalue weighted by atomic mass is 35.5. The number of carbonyl (C=O) groups excluding carboxylic acids is 3. The number of hydrogen-bond acceptors (Lipinski definition) is 10. The molecule has 1 aliphatic heterocycles. The van der Waals surface area contributed by atoms with Crippen molar-refractivity contribution in [2.24, 2.45) is 5.41 Å². The third-order valence-corrected chi connectivity index (χ3v) is 13.1. The number of likely N-dealkylation sites (tertiary alicyclic amines) is 1. The number of carbonyl (C=O) groups is 3. The number of nitriles is 1. The van der Waals surface area contributed by atoms with Gasteiger partial charge in [0.15, 0.2) is 0 Å². The van der Waals surface area contributed by atoms with Gasteiger partial charge in [-0.15, -0.1) is 11.3 Å². The molecule has 0 radical (unpaired) electrons. The molecule has 1 saturated heterocycles. The fourth-order valence-corrected chi connectivity index (χ4v) is 9.25. The summed E-state index contributed by atoms with van der Waals surface area (Å²) in [6.45, 7) is 16.2. The molecule has 1 aliphatic rings.